The van der Waals surface area contributed by atoms with E-state index < -0.39 is 10.1 Å². The van der Waals surface area contributed by atoms with E-state index in [0.29, 0.717) is 24.8 Å². The second-order valence-corrected chi connectivity index (χ2v) is 5.98. The van der Waals surface area contributed by atoms with Crippen LogP contribution in [0, 0.1) is 0 Å². The van der Waals surface area contributed by atoms with E-state index in [1.54, 1.807) is 24.3 Å². The third kappa shape index (κ3) is 5.33. The Labute approximate surface area is 118 Å². The van der Waals surface area contributed by atoms with Crippen LogP contribution in [0.1, 0.15) is 0 Å². The fraction of sp³-hybridized carbons (Fsp3) is 0.455. The van der Waals surface area contributed by atoms with Crippen LogP contribution in [0.25, 0.3) is 0 Å². The maximum atomic E-state index is 11.0. The molecule has 0 radical (unpaired) electrons. The Morgan fingerprint density at radius 1 is 1.11 bits per heavy atom. The highest BCUT2D eigenvalue weighted by Crippen LogP contribution is 2.20. The monoisotopic (exact) mass is 311 g/mol. The Kier molecular flexibility index (Phi) is 6.05. The van der Waals surface area contributed by atoms with Gasteiger partial charge in [-0.2, -0.15) is 8.42 Å². The largest absolute Gasteiger partial charge is 0.383 e. The number of hydrogen-bond acceptors (Lipinski definition) is 4. The van der Waals surface area contributed by atoms with Crippen LogP contribution in [0.4, 0.5) is 5.69 Å². The number of hydrogen-bond donors (Lipinski definition) is 0. The molecule has 0 amide bonds. The van der Waals surface area contributed by atoms with Crippen LogP contribution in [0.3, 0.4) is 0 Å². The second-order valence-electron chi connectivity index (χ2n) is 3.65. The van der Waals surface area contributed by atoms with Crippen molar-refractivity contribution >= 4 is 39.0 Å². The zero-order chi connectivity index (χ0) is 13.6. The molecule has 102 valence electrons. The maximum Gasteiger partial charge on any atom is 0.306 e. The summed E-state index contributed by atoms with van der Waals surface area (Å²) in [6, 6.07) is 6.76. The molecule has 4 nitrogen and oxygen atoms in total. The molecule has 0 unspecified atom stereocenters. The minimum Gasteiger partial charge on any atom is -0.383 e. The number of benzene rings is 1. The van der Waals surface area contributed by atoms with Crippen LogP contribution < -0.4 is 9.08 Å². The van der Waals surface area contributed by atoms with E-state index in [-0.39, 0.29) is 5.75 Å². The number of nitrogens with zero attached hydrogens (tertiary/aromatic N) is 1. The molecule has 0 aliphatic rings. The van der Waals surface area contributed by atoms with Gasteiger partial charge in [-0.25, -0.2) is 0 Å². The molecule has 0 fully saturated rings. The fourth-order valence-electron chi connectivity index (χ4n) is 1.46. The SMILES string of the molecule is CS(=O)(=O)Oc1ccc(N(CCCl)CCCl)cc1. The molecule has 0 saturated carbocycles. The topological polar surface area (TPSA) is 46.6 Å². The normalized spacial score (nSPS) is 11.3. The first-order valence-electron chi connectivity index (χ1n) is 5.32. The molecule has 0 aliphatic heterocycles. The van der Waals surface area contributed by atoms with Crippen molar-refractivity contribution < 1.29 is 12.6 Å². The fourth-order valence-corrected chi connectivity index (χ4v) is 2.33. The first-order chi connectivity index (χ1) is 8.46. The lowest BCUT2D eigenvalue weighted by molar-refractivity contribution is 0.493. The Morgan fingerprint density at radius 3 is 2.00 bits per heavy atom. The summed E-state index contributed by atoms with van der Waals surface area (Å²) < 4.78 is 26.7. The predicted molar refractivity (Wildman–Crippen MR) is 75.6 cm³/mol. The summed E-state index contributed by atoms with van der Waals surface area (Å²) >= 11 is 11.4. The van der Waals surface area contributed by atoms with Gasteiger partial charge in [-0.15, -0.1) is 23.2 Å². The average molecular weight is 312 g/mol. The van der Waals surface area contributed by atoms with Gasteiger partial charge in [-0.3, -0.25) is 0 Å². The molecule has 18 heavy (non-hydrogen) atoms. The molecule has 0 N–H and O–H groups in total. The highest BCUT2D eigenvalue weighted by Gasteiger charge is 2.07. The number of rotatable bonds is 7. The van der Waals surface area contributed by atoms with Crippen LogP contribution in [0.15, 0.2) is 24.3 Å². The van der Waals surface area contributed by atoms with E-state index >= 15 is 0 Å². The molecular formula is C11H15Cl2NO3S. The zero-order valence-corrected chi connectivity index (χ0v) is 12.3. The molecule has 0 aliphatic carbocycles. The van der Waals surface area contributed by atoms with Crippen molar-refractivity contribution in [1.82, 2.24) is 0 Å². The van der Waals surface area contributed by atoms with Gasteiger partial charge in [-0.05, 0) is 24.3 Å². The predicted octanol–water partition coefficient (Wildman–Crippen LogP) is 2.31. The van der Waals surface area contributed by atoms with Gasteiger partial charge >= 0.3 is 10.1 Å². The number of halogens is 2. The van der Waals surface area contributed by atoms with Crippen molar-refractivity contribution in [2.45, 2.75) is 0 Å². The Hall–Kier alpha value is -0.650. The van der Waals surface area contributed by atoms with E-state index in [9.17, 15) is 8.42 Å². The highest BCUT2D eigenvalue weighted by molar-refractivity contribution is 7.86. The maximum absolute atomic E-state index is 11.0. The molecule has 1 aromatic carbocycles. The van der Waals surface area contributed by atoms with E-state index in [1.165, 1.54) is 0 Å². The Bertz CT molecular complexity index is 456. The van der Waals surface area contributed by atoms with Crippen LogP contribution in [0.5, 0.6) is 5.75 Å². The summed E-state index contributed by atoms with van der Waals surface area (Å²) in [7, 11) is -3.49. The summed E-state index contributed by atoms with van der Waals surface area (Å²) in [5.74, 6) is 1.29. The molecule has 0 aromatic heterocycles. The average Bonchev–Trinajstić information content (AvgIpc) is 2.28. The van der Waals surface area contributed by atoms with Crippen LogP contribution in [0.2, 0.25) is 0 Å². The first kappa shape index (κ1) is 15.4. The van der Waals surface area contributed by atoms with E-state index in [0.717, 1.165) is 11.9 Å². The first-order valence-corrected chi connectivity index (χ1v) is 8.21. The Morgan fingerprint density at radius 2 is 1.61 bits per heavy atom. The van der Waals surface area contributed by atoms with Crippen LogP contribution in [-0.2, 0) is 10.1 Å². The minimum absolute atomic E-state index is 0.290. The molecule has 0 heterocycles. The molecular weight excluding hydrogens is 297 g/mol. The molecule has 1 rings (SSSR count). The summed E-state index contributed by atoms with van der Waals surface area (Å²) in [5, 5.41) is 0. The van der Waals surface area contributed by atoms with Gasteiger partial charge in [0.25, 0.3) is 0 Å². The summed E-state index contributed by atoms with van der Waals surface area (Å²) in [4.78, 5) is 2.02. The number of alkyl halides is 2. The van der Waals surface area contributed by atoms with Crippen LogP contribution in [-0.4, -0.2) is 39.5 Å². The summed E-state index contributed by atoms with van der Waals surface area (Å²) in [5.41, 5.74) is 0.928. The smallest absolute Gasteiger partial charge is 0.306 e. The highest BCUT2D eigenvalue weighted by atomic mass is 35.5. The van der Waals surface area contributed by atoms with Gasteiger partial charge in [0, 0.05) is 30.5 Å². The lowest BCUT2D eigenvalue weighted by Gasteiger charge is -2.22. The van der Waals surface area contributed by atoms with Crippen molar-refractivity contribution in [3.63, 3.8) is 0 Å². The van der Waals surface area contributed by atoms with Gasteiger partial charge in [0.1, 0.15) is 5.75 Å². The van der Waals surface area contributed by atoms with E-state index in [1.807, 2.05) is 4.90 Å². The van der Waals surface area contributed by atoms with Crippen molar-refractivity contribution in [2.24, 2.45) is 0 Å². The lowest BCUT2D eigenvalue weighted by atomic mass is 10.2. The zero-order valence-electron chi connectivity index (χ0n) is 9.97. The summed E-state index contributed by atoms with van der Waals surface area (Å²) in [6.45, 7) is 1.36. The lowest BCUT2D eigenvalue weighted by Crippen LogP contribution is -2.27. The quantitative estimate of drug-likeness (QED) is 0.572. The third-order valence-electron chi connectivity index (χ3n) is 2.16. The summed E-state index contributed by atoms with van der Waals surface area (Å²) in [6.07, 6.45) is 1.01. The van der Waals surface area contributed by atoms with Crippen molar-refractivity contribution in [3.8, 4) is 5.75 Å². The number of anilines is 1. The van der Waals surface area contributed by atoms with Crippen molar-refractivity contribution in [2.75, 3.05) is 36.0 Å². The van der Waals surface area contributed by atoms with Gasteiger partial charge in [-0.1, -0.05) is 0 Å². The van der Waals surface area contributed by atoms with Crippen molar-refractivity contribution in [3.05, 3.63) is 24.3 Å². The Balaban J connectivity index is 2.79. The molecule has 0 saturated heterocycles. The van der Waals surface area contributed by atoms with Gasteiger partial charge < -0.3 is 9.08 Å². The molecule has 0 spiro atoms. The van der Waals surface area contributed by atoms with Gasteiger partial charge in [0.05, 0.1) is 6.26 Å². The minimum atomic E-state index is -3.49. The van der Waals surface area contributed by atoms with Gasteiger partial charge in [0.15, 0.2) is 0 Å². The molecule has 0 bridgehead atoms. The molecule has 7 heteroatoms. The second kappa shape index (κ2) is 7.07. The third-order valence-corrected chi connectivity index (χ3v) is 2.99. The van der Waals surface area contributed by atoms with E-state index in [4.69, 9.17) is 27.4 Å². The van der Waals surface area contributed by atoms with Crippen molar-refractivity contribution in [1.29, 1.82) is 0 Å². The van der Waals surface area contributed by atoms with E-state index in [2.05, 4.69) is 0 Å². The standard InChI is InChI=1S/C11H15Cl2NO3S/c1-18(15,16)17-11-4-2-10(3-5-11)14(8-6-12)9-7-13/h2-5H,6-9H2,1H3. The molecule has 1 aromatic rings. The van der Waals surface area contributed by atoms with Crippen LogP contribution >= 0.6 is 23.2 Å². The van der Waals surface area contributed by atoms with Gasteiger partial charge in [0.2, 0.25) is 0 Å². The molecule has 0 atom stereocenters.